The minimum Gasteiger partial charge on any atom is -0.493 e. The first kappa shape index (κ1) is 26.6. The number of carbonyl (C=O) groups is 1. The topological polar surface area (TPSA) is 51.1 Å². The van der Waals surface area contributed by atoms with Crippen LogP contribution in [0.15, 0.2) is 101 Å². The maximum atomic E-state index is 13.6. The van der Waals surface area contributed by atoms with Crippen molar-refractivity contribution >= 4 is 51.9 Å². The van der Waals surface area contributed by atoms with Crippen molar-refractivity contribution in [1.82, 2.24) is 0 Å². The number of aliphatic imine (C=N–C) groups is 1. The van der Waals surface area contributed by atoms with Crippen LogP contribution < -0.4 is 14.4 Å². The lowest BCUT2D eigenvalue weighted by molar-refractivity contribution is -0.113. The molecule has 39 heavy (non-hydrogen) atoms. The minimum absolute atomic E-state index is 0.128. The number of nitrogens with zero attached hydrogens (tertiary/aromatic N) is 2. The van der Waals surface area contributed by atoms with Crippen molar-refractivity contribution in [2.45, 2.75) is 20.5 Å². The fourth-order valence-electron chi connectivity index (χ4n) is 3.99. The second-order valence-corrected chi connectivity index (χ2v) is 10.6. The van der Waals surface area contributed by atoms with Crippen LogP contribution in [0.4, 0.5) is 11.4 Å². The van der Waals surface area contributed by atoms with E-state index < -0.39 is 0 Å². The molecule has 0 aliphatic carbocycles. The lowest BCUT2D eigenvalue weighted by atomic mass is 10.1. The molecule has 196 valence electrons. The zero-order chi connectivity index (χ0) is 27.4. The number of amides is 1. The maximum absolute atomic E-state index is 13.6. The molecule has 0 atom stereocenters. The lowest BCUT2D eigenvalue weighted by Crippen LogP contribution is -2.28. The molecular weight excluding hydrogens is 528 g/mol. The highest BCUT2D eigenvalue weighted by molar-refractivity contribution is 8.19. The molecule has 0 unspecified atom stereocenters. The summed E-state index contributed by atoms with van der Waals surface area (Å²) < 4.78 is 11.6. The van der Waals surface area contributed by atoms with Crippen molar-refractivity contribution in [3.8, 4) is 11.5 Å². The second kappa shape index (κ2) is 11.8. The Kier molecular flexibility index (Phi) is 8.05. The molecule has 1 fully saturated rings. The highest BCUT2D eigenvalue weighted by Crippen LogP contribution is 2.38. The number of carbonyl (C=O) groups excluding carboxylic acids is 1. The summed E-state index contributed by atoms with van der Waals surface area (Å²) in [4.78, 5) is 20.7. The Morgan fingerprint density at radius 3 is 2.21 bits per heavy atom. The van der Waals surface area contributed by atoms with Crippen molar-refractivity contribution in [2.75, 3.05) is 12.0 Å². The van der Waals surface area contributed by atoms with Gasteiger partial charge in [0.1, 0.15) is 6.61 Å². The number of halogens is 1. The highest BCUT2D eigenvalue weighted by Gasteiger charge is 2.34. The van der Waals surface area contributed by atoms with E-state index in [0.717, 1.165) is 33.6 Å². The quantitative estimate of drug-likeness (QED) is 0.215. The van der Waals surface area contributed by atoms with Crippen LogP contribution in [-0.2, 0) is 11.4 Å². The van der Waals surface area contributed by atoms with Crippen LogP contribution in [0.5, 0.6) is 11.5 Å². The smallest absolute Gasteiger partial charge is 0.271 e. The van der Waals surface area contributed by atoms with Gasteiger partial charge in [-0.2, -0.15) is 0 Å². The molecule has 5 rings (SSSR count). The van der Waals surface area contributed by atoms with Crippen LogP contribution >= 0.6 is 23.4 Å². The molecule has 0 radical (unpaired) electrons. The molecule has 1 aliphatic rings. The third-order valence-corrected chi connectivity index (χ3v) is 7.37. The van der Waals surface area contributed by atoms with Gasteiger partial charge in [0.2, 0.25) is 0 Å². The number of anilines is 1. The predicted octanol–water partition coefficient (Wildman–Crippen LogP) is 8.35. The summed E-state index contributed by atoms with van der Waals surface area (Å²) in [6.07, 6.45) is 1.86. The van der Waals surface area contributed by atoms with Gasteiger partial charge in [-0.15, -0.1) is 0 Å². The molecular formula is C32H27ClN2O3S. The van der Waals surface area contributed by atoms with Gasteiger partial charge in [-0.05, 0) is 91.3 Å². The van der Waals surface area contributed by atoms with Gasteiger partial charge in [-0.25, -0.2) is 4.99 Å². The average molecular weight is 555 g/mol. The number of amidine groups is 1. The van der Waals surface area contributed by atoms with E-state index in [4.69, 9.17) is 26.1 Å². The van der Waals surface area contributed by atoms with E-state index in [1.54, 1.807) is 12.0 Å². The van der Waals surface area contributed by atoms with Crippen molar-refractivity contribution in [3.63, 3.8) is 0 Å². The summed E-state index contributed by atoms with van der Waals surface area (Å²) in [6.45, 7) is 4.44. The lowest BCUT2D eigenvalue weighted by Gasteiger charge is -2.16. The van der Waals surface area contributed by atoms with E-state index >= 15 is 0 Å². The first-order valence-corrected chi connectivity index (χ1v) is 13.6. The van der Waals surface area contributed by atoms with Crippen LogP contribution in [0.2, 0.25) is 5.02 Å². The molecule has 0 saturated carbocycles. The van der Waals surface area contributed by atoms with Gasteiger partial charge < -0.3 is 9.47 Å². The van der Waals surface area contributed by atoms with Crippen molar-refractivity contribution in [2.24, 2.45) is 4.99 Å². The Labute approximate surface area is 237 Å². The monoisotopic (exact) mass is 554 g/mol. The number of hydrogen-bond donors (Lipinski definition) is 0. The Morgan fingerprint density at radius 1 is 0.872 bits per heavy atom. The fraction of sp³-hybridized carbons (Fsp3) is 0.125. The number of rotatable bonds is 7. The molecule has 1 saturated heterocycles. The average Bonchev–Trinajstić information content (AvgIpc) is 3.24. The van der Waals surface area contributed by atoms with Crippen molar-refractivity contribution in [3.05, 3.63) is 123 Å². The molecule has 0 spiro atoms. The number of thioether (sulfide) groups is 1. The summed E-state index contributed by atoms with van der Waals surface area (Å²) in [5, 5.41) is 1.29. The minimum atomic E-state index is -0.128. The first-order chi connectivity index (χ1) is 18.9. The van der Waals surface area contributed by atoms with Gasteiger partial charge in [0.05, 0.1) is 23.4 Å². The molecule has 0 bridgehead atoms. The van der Waals surface area contributed by atoms with E-state index in [9.17, 15) is 4.79 Å². The van der Waals surface area contributed by atoms with Crippen molar-refractivity contribution < 1.29 is 14.3 Å². The molecule has 4 aromatic carbocycles. The number of aryl methyl sites for hydroxylation is 2. The van der Waals surface area contributed by atoms with Crippen molar-refractivity contribution in [1.29, 1.82) is 0 Å². The Hall–Kier alpha value is -4.00. The fourth-order valence-corrected chi connectivity index (χ4v) is 5.11. The number of methoxy groups -OCH3 is 1. The van der Waals surface area contributed by atoms with E-state index in [0.29, 0.717) is 33.2 Å². The summed E-state index contributed by atoms with van der Waals surface area (Å²) >= 11 is 7.33. The van der Waals surface area contributed by atoms with Gasteiger partial charge in [0.25, 0.3) is 5.91 Å². The normalized spacial score (nSPS) is 15.3. The van der Waals surface area contributed by atoms with Gasteiger partial charge in [0, 0.05) is 5.02 Å². The van der Waals surface area contributed by atoms with Gasteiger partial charge in [-0.3, -0.25) is 9.69 Å². The number of benzene rings is 4. The summed E-state index contributed by atoms with van der Waals surface area (Å²) in [5.41, 5.74) is 5.66. The zero-order valence-corrected chi connectivity index (χ0v) is 23.4. The Balaban J connectivity index is 1.43. The maximum Gasteiger partial charge on any atom is 0.271 e. The van der Waals surface area contributed by atoms with Crippen LogP contribution in [-0.4, -0.2) is 18.2 Å². The van der Waals surface area contributed by atoms with Gasteiger partial charge in [-0.1, -0.05) is 65.2 Å². The van der Waals surface area contributed by atoms with E-state index in [2.05, 4.69) is 0 Å². The molecule has 5 nitrogen and oxygen atoms in total. The third kappa shape index (κ3) is 6.36. The largest absolute Gasteiger partial charge is 0.493 e. The van der Waals surface area contributed by atoms with Gasteiger partial charge in [0.15, 0.2) is 16.7 Å². The van der Waals surface area contributed by atoms with E-state index in [-0.39, 0.29) is 5.91 Å². The third-order valence-electron chi connectivity index (χ3n) is 6.15. The molecule has 7 heteroatoms. The molecule has 1 amide bonds. The highest BCUT2D eigenvalue weighted by atomic mass is 35.5. The summed E-state index contributed by atoms with van der Waals surface area (Å²) in [6, 6.07) is 28.9. The SMILES string of the molecule is COc1cc(/C=C2\SC(=Nc3ccc(C)cc3)N(c3ccc(C)cc3)C2=O)ccc1OCc1ccc(Cl)cc1. The van der Waals surface area contributed by atoms with Gasteiger partial charge >= 0.3 is 0 Å². The molecule has 1 aliphatic heterocycles. The standard InChI is InChI=1S/C32H27ClN2O3S/c1-21-4-13-26(14-5-21)34-32-35(27-15-6-22(2)7-16-27)31(36)30(39-32)19-24-10-17-28(29(18-24)37-3)38-20-23-8-11-25(33)12-9-23/h4-19H,20H2,1-3H3/b30-19-,34-32?. The number of hydrogen-bond acceptors (Lipinski definition) is 5. The Morgan fingerprint density at radius 2 is 1.54 bits per heavy atom. The number of ether oxygens (including phenoxy) is 2. The molecule has 4 aromatic rings. The first-order valence-electron chi connectivity index (χ1n) is 12.4. The molecule has 0 aromatic heterocycles. The zero-order valence-electron chi connectivity index (χ0n) is 21.9. The molecule has 0 N–H and O–H groups in total. The summed E-state index contributed by atoms with van der Waals surface area (Å²) in [7, 11) is 1.60. The van der Waals surface area contributed by atoms with E-state index in [1.807, 2.05) is 111 Å². The van der Waals surface area contributed by atoms with Crippen LogP contribution in [0.1, 0.15) is 22.3 Å². The van der Waals surface area contributed by atoms with E-state index in [1.165, 1.54) is 11.8 Å². The molecule has 1 heterocycles. The van der Waals surface area contributed by atoms with Crippen LogP contribution in [0, 0.1) is 13.8 Å². The van der Waals surface area contributed by atoms with Crippen LogP contribution in [0.25, 0.3) is 6.08 Å². The second-order valence-electron chi connectivity index (χ2n) is 9.14. The Bertz CT molecular complexity index is 1550. The van der Waals surface area contributed by atoms with Crippen LogP contribution in [0.3, 0.4) is 0 Å². The predicted molar refractivity (Wildman–Crippen MR) is 161 cm³/mol. The summed E-state index contributed by atoms with van der Waals surface area (Å²) in [5.74, 6) is 1.07.